The smallest absolute Gasteiger partial charge is 0.141 e. The number of rotatable bonds is 3. The maximum Gasteiger partial charge on any atom is 0.141 e. The SMILES string of the molecule is CC1CCC(C(=O)Cc2ccccn2)CC1C. The molecule has 0 aliphatic heterocycles. The van der Waals surface area contributed by atoms with Crippen molar-refractivity contribution in [3.8, 4) is 0 Å². The van der Waals surface area contributed by atoms with Crippen molar-refractivity contribution < 1.29 is 4.79 Å². The number of hydrogen-bond donors (Lipinski definition) is 0. The third-order valence-electron chi connectivity index (χ3n) is 4.14. The molecule has 0 amide bonds. The van der Waals surface area contributed by atoms with Gasteiger partial charge in [0.15, 0.2) is 0 Å². The zero-order valence-electron chi connectivity index (χ0n) is 10.7. The minimum Gasteiger partial charge on any atom is -0.299 e. The third kappa shape index (κ3) is 3.15. The van der Waals surface area contributed by atoms with Gasteiger partial charge in [0.25, 0.3) is 0 Å². The van der Waals surface area contributed by atoms with Crippen LogP contribution in [0.1, 0.15) is 38.8 Å². The summed E-state index contributed by atoms with van der Waals surface area (Å²) in [5.41, 5.74) is 0.906. The van der Waals surface area contributed by atoms with E-state index >= 15 is 0 Å². The highest BCUT2D eigenvalue weighted by Gasteiger charge is 2.28. The molecule has 1 aliphatic rings. The number of pyridine rings is 1. The molecule has 0 N–H and O–H groups in total. The van der Waals surface area contributed by atoms with Crippen LogP contribution in [0.4, 0.5) is 0 Å². The van der Waals surface area contributed by atoms with E-state index in [1.54, 1.807) is 6.20 Å². The van der Waals surface area contributed by atoms with E-state index in [4.69, 9.17) is 0 Å². The van der Waals surface area contributed by atoms with Crippen LogP contribution in [0.15, 0.2) is 24.4 Å². The number of ketones is 1. The highest BCUT2D eigenvalue weighted by atomic mass is 16.1. The Morgan fingerprint density at radius 1 is 1.29 bits per heavy atom. The first-order valence-electron chi connectivity index (χ1n) is 6.59. The molecule has 1 heterocycles. The van der Waals surface area contributed by atoms with Gasteiger partial charge >= 0.3 is 0 Å². The van der Waals surface area contributed by atoms with E-state index in [1.807, 2.05) is 18.2 Å². The van der Waals surface area contributed by atoms with Gasteiger partial charge in [-0.25, -0.2) is 0 Å². The maximum absolute atomic E-state index is 12.2. The first-order chi connectivity index (χ1) is 8.16. The predicted molar refractivity (Wildman–Crippen MR) is 68.6 cm³/mol. The Hall–Kier alpha value is -1.18. The molecule has 0 bridgehead atoms. The fourth-order valence-corrected chi connectivity index (χ4v) is 2.67. The highest BCUT2D eigenvalue weighted by Crippen LogP contribution is 2.34. The highest BCUT2D eigenvalue weighted by molar-refractivity contribution is 5.83. The molecule has 0 radical (unpaired) electrons. The average molecular weight is 231 g/mol. The molecular weight excluding hydrogens is 210 g/mol. The predicted octanol–water partition coefficient (Wildman–Crippen LogP) is 3.27. The quantitative estimate of drug-likeness (QED) is 0.799. The van der Waals surface area contributed by atoms with Crippen LogP contribution >= 0.6 is 0 Å². The third-order valence-corrected chi connectivity index (χ3v) is 4.14. The molecule has 17 heavy (non-hydrogen) atoms. The Bertz CT molecular complexity index is 374. The monoisotopic (exact) mass is 231 g/mol. The molecule has 2 nitrogen and oxygen atoms in total. The van der Waals surface area contributed by atoms with Gasteiger partial charge in [0, 0.05) is 24.2 Å². The summed E-state index contributed by atoms with van der Waals surface area (Å²) in [7, 11) is 0. The molecule has 0 saturated heterocycles. The average Bonchev–Trinajstić information content (AvgIpc) is 2.34. The second-order valence-electron chi connectivity index (χ2n) is 5.43. The van der Waals surface area contributed by atoms with Gasteiger partial charge in [-0.15, -0.1) is 0 Å². The summed E-state index contributed by atoms with van der Waals surface area (Å²) in [6, 6.07) is 5.77. The molecular formula is C15H21NO. The number of carbonyl (C=O) groups is 1. The van der Waals surface area contributed by atoms with Crippen LogP contribution in [0.5, 0.6) is 0 Å². The summed E-state index contributed by atoms with van der Waals surface area (Å²) in [4.78, 5) is 16.4. The molecule has 2 rings (SSSR count). The van der Waals surface area contributed by atoms with Crippen LogP contribution < -0.4 is 0 Å². The van der Waals surface area contributed by atoms with Crippen molar-refractivity contribution >= 4 is 5.78 Å². The van der Waals surface area contributed by atoms with E-state index in [2.05, 4.69) is 18.8 Å². The van der Waals surface area contributed by atoms with Gasteiger partial charge in [0.05, 0.1) is 0 Å². The Balaban J connectivity index is 1.93. The molecule has 1 fully saturated rings. The van der Waals surface area contributed by atoms with Crippen LogP contribution in [0, 0.1) is 17.8 Å². The van der Waals surface area contributed by atoms with Crippen molar-refractivity contribution in [2.24, 2.45) is 17.8 Å². The van der Waals surface area contributed by atoms with Gasteiger partial charge < -0.3 is 0 Å². The largest absolute Gasteiger partial charge is 0.299 e. The van der Waals surface area contributed by atoms with E-state index in [1.165, 1.54) is 6.42 Å². The van der Waals surface area contributed by atoms with Crippen molar-refractivity contribution in [2.45, 2.75) is 39.5 Å². The minimum atomic E-state index is 0.267. The summed E-state index contributed by atoms with van der Waals surface area (Å²) in [6.45, 7) is 4.56. The first kappa shape index (κ1) is 12.3. The summed E-state index contributed by atoms with van der Waals surface area (Å²) < 4.78 is 0. The molecule has 3 unspecified atom stereocenters. The van der Waals surface area contributed by atoms with Gasteiger partial charge in [-0.1, -0.05) is 19.9 Å². The standard InChI is InChI=1S/C15H21NO/c1-11-6-7-13(9-12(11)2)15(17)10-14-5-3-4-8-16-14/h3-5,8,11-13H,6-7,9-10H2,1-2H3. The van der Waals surface area contributed by atoms with Crippen molar-refractivity contribution in [2.75, 3.05) is 0 Å². The van der Waals surface area contributed by atoms with E-state index in [0.717, 1.165) is 24.5 Å². The van der Waals surface area contributed by atoms with Crippen molar-refractivity contribution in [1.29, 1.82) is 0 Å². The van der Waals surface area contributed by atoms with Gasteiger partial charge in [-0.2, -0.15) is 0 Å². The van der Waals surface area contributed by atoms with E-state index in [-0.39, 0.29) is 5.92 Å². The number of Topliss-reactive ketones (excluding diaryl/α,β-unsaturated/α-hetero) is 1. The summed E-state index contributed by atoms with van der Waals surface area (Å²) >= 11 is 0. The zero-order valence-corrected chi connectivity index (χ0v) is 10.7. The fraction of sp³-hybridized carbons (Fsp3) is 0.600. The maximum atomic E-state index is 12.2. The van der Waals surface area contributed by atoms with Crippen molar-refractivity contribution in [3.63, 3.8) is 0 Å². The fourth-order valence-electron chi connectivity index (χ4n) is 2.67. The Morgan fingerprint density at radius 3 is 2.76 bits per heavy atom. The molecule has 92 valence electrons. The van der Waals surface area contributed by atoms with Crippen molar-refractivity contribution in [3.05, 3.63) is 30.1 Å². The Morgan fingerprint density at radius 2 is 2.12 bits per heavy atom. The summed E-state index contributed by atoms with van der Waals surface area (Å²) in [5, 5.41) is 0. The zero-order chi connectivity index (χ0) is 12.3. The molecule has 0 aromatic carbocycles. The van der Waals surface area contributed by atoms with Gasteiger partial charge in [0.1, 0.15) is 5.78 Å². The Kier molecular flexibility index (Phi) is 3.93. The van der Waals surface area contributed by atoms with Gasteiger partial charge in [0.2, 0.25) is 0 Å². The van der Waals surface area contributed by atoms with E-state index in [9.17, 15) is 4.79 Å². The Labute approximate surface area is 103 Å². The molecule has 1 saturated carbocycles. The van der Waals surface area contributed by atoms with Crippen LogP contribution in [-0.2, 0) is 11.2 Å². The van der Waals surface area contributed by atoms with Crippen molar-refractivity contribution in [1.82, 2.24) is 4.98 Å². The van der Waals surface area contributed by atoms with Gasteiger partial charge in [-0.3, -0.25) is 9.78 Å². The summed E-state index contributed by atoms with van der Waals surface area (Å²) in [6.07, 6.45) is 5.59. The summed E-state index contributed by atoms with van der Waals surface area (Å²) in [5.74, 6) is 2.10. The van der Waals surface area contributed by atoms with Gasteiger partial charge in [-0.05, 0) is 43.2 Å². The lowest BCUT2D eigenvalue weighted by Crippen LogP contribution is -2.27. The number of nitrogens with zero attached hydrogens (tertiary/aromatic N) is 1. The van der Waals surface area contributed by atoms with Crippen LogP contribution in [-0.4, -0.2) is 10.8 Å². The molecule has 3 atom stereocenters. The van der Waals surface area contributed by atoms with E-state index < -0.39 is 0 Å². The topological polar surface area (TPSA) is 30.0 Å². The second kappa shape index (κ2) is 5.44. The lowest BCUT2D eigenvalue weighted by molar-refractivity contribution is -0.124. The van der Waals surface area contributed by atoms with E-state index in [0.29, 0.717) is 18.1 Å². The number of aromatic nitrogens is 1. The first-order valence-corrected chi connectivity index (χ1v) is 6.59. The molecule has 2 heteroatoms. The molecule has 1 aliphatic carbocycles. The van der Waals surface area contributed by atoms with Crippen LogP contribution in [0.3, 0.4) is 0 Å². The van der Waals surface area contributed by atoms with Crippen LogP contribution in [0.25, 0.3) is 0 Å². The lowest BCUT2D eigenvalue weighted by Gasteiger charge is -2.31. The van der Waals surface area contributed by atoms with Crippen LogP contribution in [0.2, 0.25) is 0 Å². The second-order valence-corrected chi connectivity index (χ2v) is 5.43. The number of carbonyl (C=O) groups excluding carboxylic acids is 1. The normalized spacial score (nSPS) is 28.9. The number of hydrogen-bond acceptors (Lipinski definition) is 2. The molecule has 1 aromatic rings. The minimum absolute atomic E-state index is 0.267. The molecule has 0 spiro atoms. The lowest BCUT2D eigenvalue weighted by atomic mass is 9.74. The molecule has 1 aromatic heterocycles.